The maximum atomic E-state index is 12.0. The standard InChI is InChI=1S/C11H13NO3S3/c13-6-5-9-3-4-11(17-9)18(14,15)12-8-10-2-1-7-16-10/h1-4,7,12-13H,5-6,8H2. The molecule has 0 aliphatic carbocycles. The minimum absolute atomic E-state index is 0.0304. The first-order valence-corrected chi connectivity index (χ1v) is 8.51. The van der Waals surface area contributed by atoms with E-state index in [0.29, 0.717) is 17.2 Å². The zero-order chi connectivity index (χ0) is 13.0. The summed E-state index contributed by atoms with van der Waals surface area (Å²) in [6, 6.07) is 7.09. The lowest BCUT2D eigenvalue weighted by Crippen LogP contribution is -2.21. The van der Waals surface area contributed by atoms with Crippen molar-refractivity contribution in [1.82, 2.24) is 4.72 Å². The Kier molecular flexibility index (Phi) is 4.52. The van der Waals surface area contributed by atoms with E-state index < -0.39 is 10.0 Å². The molecule has 0 aliphatic rings. The van der Waals surface area contributed by atoms with Gasteiger partial charge in [-0.2, -0.15) is 0 Å². The molecular weight excluding hydrogens is 290 g/mol. The molecule has 7 heteroatoms. The molecule has 0 saturated carbocycles. The Balaban J connectivity index is 2.05. The van der Waals surface area contributed by atoms with Crippen molar-refractivity contribution < 1.29 is 13.5 Å². The van der Waals surface area contributed by atoms with Gasteiger partial charge in [0.1, 0.15) is 4.21 Å². The van der Waals surface area contributed by atoms with Gasteiger partial charge < -0.3 is 5.11 Å². The molecule has 98 valence electrons. The third-order valence-electron chi connectivity index (χ3n) is 2.28. The summed E-state index contributed by atoms with van der Waals surface area (Å²) in [7, 11) is -3.44. The molecule has 0 aliphatic heterocycles. The van der Waals surface area contributed by atoms with Gasteiger partial charge in [0, 0.05) is 29.3 Å². The van der Waals surface area contributed by atoms with Crippen LogP contribution in [0.2, 0.25) is 0 Å². The molecule has 0 bridgehead atoms. The summed E-state index contributed by atoms with van der Waals surface area (Å²) in [6.45, 7) is 0.343. The van der Waals surface area contributed by atoms with Crippen LogP contribution in [0.15, 0.2) is 33.9 Å². The van der Waals surface area contributed by atoms with E-state index >= 15 is 0 Å². The van der Waals surface area contributed by atoms with Gasteiger partial charge in [0.05, 0.1) is 0 Å². The first-order valence-electron chi connectivity index (χ1n) is 5.33. The van der Waals surface area contributed by atoms with Gasteiger partial charge in [-0.05, 0) is 23.6 Å². The minimum atomic E-state index is -3.44. The van der Waals surface area contributed by atoms with E-state index in [1.807, 2.05) is 17.5 Å². The summed E-state index contributed by atoms with van der Waals surface area (Å²) in [5.41, 5.74) is 0. The zero-order valence-electron chi connectivity index (χ0n) is 9.50. The van der Waals surface area contributed by atoms with Gasteiger partial charge in [0.2, 0.25) is 10.0 Å². The molecule has 0 radical (unpaired) electrons. The Morgan fingerprint density at radius 3 is 2.72 bits per heavy atom. The van der Waals surface area contributed by atoms with Gasteiger partial charge in [0.15, 0.2) is 0 Å². The van der Waals surface area contributed by atoms with Gasteiger partial charge in [-0.3, -0.25) is 0 Å². The molecule has 0 unspecified atom stereocenters. The Hall–Kier alpha value is -0.730. The molecule has 2 aromatic rings. The van der Waals surface area contributed by atoms with Crippen LogP contribution < -0.4 is 4.72 Å². The van der Waals surface area contributed by atoms with Crippen molar-refractivity contribution in [3.05, 3.63) is 39.4 Å². The van der Waals surface area contributed by atoms with Crippen LogP contribution in [-0.2, 0) is 23.0 Å². The monoisotopic (exact) mass is 303 g/mol. The third kappa shape index (κ3) is 3.39. The molecule has 4 nitrogen and oxygen atoms in total. The molecular formula is C11H13NO3S3. The van der Waals surface area contributed by atoms with E-state index in [2.05, 4.69) is 4.72 Å². The molecule has 0 aromatic carbocycles. The highest BCUT2D eigenvalue weighted by molar-refractivity contribution is 7.91. The van der Waals surface area contributed by atoms with E-state index in [0.717, 1.165) is 9.75 Å². The normalized spacial score (nSPS) is 11.8. The smallest absolute Gasteiger partial charge is 0.250 e. The van der Waals surface area contributed by atoms with E-state index in [-0.39, 0.29) is 6.61 Å². The van der Waals surface area contributed by atoms with E-state index in [4.69, 9.17) is 5.11 Å². The van der Waals surface area contributed by atoms with Crippen LogP contribution in [0.5, 0.6) is 0 Å². The number of hydrogen-bond acceptors (Lipinski definition) is 5. The SMILES string of the molecule is O=S(=O)(NCc1cccs1)c1ccc(CCO)s1. The first-order chi connectivity index (χ1) is 8.62. The minimum Gasteiger partial charge on any atom is -0.396 e. The summed E-state index contributed by atoms with van der Waals surface area (Å²) < 4.78 is 26.8. The number of aliphatic hydroxyl groups is 1. The fourth-order valence-electron chi connectivity index (χ4n) is 1.40. The molecule has 2 aromatic heterocycles. The van der Waals surface area contributed by atoms with Crippen LogP contribution in [0.3, 0.4) is 0 Å². The molecule has 0 spiro atoms. The van der Waals surface area contributed by atoms with Crippen LogP contribution in [0, 0.1) is 0 Å². The van der Waals surface area contributed by atoms with Crippen LogP contribution in [0.25, 0.3) is 0 Å². The summed E-state index contributed by atoms with van der Waals surface area (Å²) in [5.74, 6) is 0. The van der Waals surface area contributed by atoms with Crippen molar-refractivity contribution in [2.24, 2.45) is 0 Å². The molecule has 0 amide bonds. The van der Waals surface area contributed by atoms with Crippen LogP contribution in [-0.4, -0.2) is 20.1 Å². The fourth-order valence-corrected chi connectivity index (χ4v) is 4.53. The van der Waals surface area contributed by atoms with Crippen molar-refractivity contribution in [3.8, 4) is 0 Å². The summed E-state index contributed by atoms with van der Waals surface area (Å²) in [6.07, 6.45) is 0.491. The predicted molar refractivity (Wildman–Crippen MR) is 73.5 cm³/mol. The van der Waals surface area contributed by atoms with Crippen molar-refractivity contribution in [1.29, 1.82) is 0 Å². The topological polar surface area (TPSA) is 66.4 Å². The fraction of sp³-hybridized carbons (Fsp3) is 0.273. The molecule has 2 heterocycles. The van der Waals surface area contributed by atoms with Gasteiger partial charge in [0.25, 0.3) is 0 Å². The van der Waals surface area contributed by atoms with Gasteiger partial charge in [-0.25, -0.2) is 13.1 Å². The second-order valence-electron chi connectivity index (χ2n) is 3.60. The Labute approximate surface area is 114 Å². The molecule has 18 heavy (non-hydrogen) atoms. The van der Waals surface area contributed by atoms with Crippen molar-refractivity contribution in [2.75, 3.05) is 6.61 Å². The lowest BCUT2D eigenvalue weighted by molar-refractivity contribution is 0.300. The van der Waals surface area contributed by atoms with Crippen molar-refractivity contribution >= 4 is 32.7 Å². The first kappa shape index (κ1) is 13.7. The second kappa shape index (κ2) is 5.94. The number of rotatable bonds is 6. The Bertz CT molecular complexity index is 587. The number of aliphatic hydroxyl groups excluding tert-OH is 1. The average Bonchev–Trinajstić information content (AvgIpc) is 2.98. The molecule has 0 saturated heterocycles. The van der Waals surface area contributed by atoms with E-state index in [1.54, 1.807) is 12.1 Å². The summed E-state index contributed by atoms with van der Waals surface area (Å²) >= 11 is 2.71. The molecule has 0 fully saturated rings. The van der Waals surface area contributed by atoms with Gasteiger partial charge in [-0.1, -0.05) is 6.07 Å². The zero-order valence-corrected chi connectivity index (χ0v) is 11.9. The number of sulfonamides is 1. The molecule has 0 atom stereocenters. The highest BCUT2D eigenvalue weighted by Crippen LogP contribution is 2.22. The Morgan fingerprint density at radius 1 is 1.22 bits per heavy atom. The lowest BCUT2D eigenvalue weighted by Gasteiger charge is -2.02. The van der Waals surface area contributed by atoms with Crippen LogP contribution in [0.1, 0.15) is 9.75 Å². The van der Waals surface area contributed by atoms with Gasteiger partial charge in [-0.15, -0.1) is 22.7 Å². The van der Waals surface area contributed by atoms with Crippen molar-refractivity contribution in [2.45, 2.75) is 17.2 Å². The van der Waals surface area contributed by atoms with Crippen LogP contribution in [0.4, 0.5) is 0 Å². The second-order valence-corrected chi connectivity index (χ2v) is 7.79. The maximum Gasteiger partial charge on any atom is 0.250 e. The van der Waals surface area contributed by atoms with E-state index in [9.17, 15) is 8.42 Å². The average molecular weight is 303 g/mol. The number of thiophene rings is 2. The lowest BCUT2D eigenvalue weighted by atomic mass is 10.4. The number of nitrogens with one attached hydrogen (secondary N) is 1. The summed E-state index contributed by atoms with van der Waals surface area (Å²) in [4.78, 5) is 1.85. The van der Waals surface area contributed by atoms with Gasteiger partial charge >= 0.3 is 0 Å². The predicted octanol–water partition coefficient (Wildman–Crippen LogP) is 1.82. The maximum absolute atomic E-state index is 12.0. The Morgan fingerprint density at radius 2 is 2.06 bits per heavy atom. The van der Waals surface area contributed by atoms with Crippen LogP contribution >= 0.6 is 22.7 Å². The largest absolute Gasteiger partial charge is 0.396 e. The highest BCUT2D eigenvalue weighted by Gasteiger charge is 2.16. The van der Waals surface area contributed by atoms with Crippen molar-refractivity contribution in [3.63, 3.8) is 0 Å². The highest BCUT2D eigenvalue weighted by atomic mass is 32.2. The third-order valence-corrected chi connectivity index (χ3v) is 6.19. The quantitative estimate of drug-likeness (QED) is 0.855. The van der Waals surface area contributed by atoms with E-state index in [1.165, 1.54) is 22.7 Å². The molecule has 2 rings (SSSR count). The molecule has 2 N–H and O–H groups in total. The number of hydrogen-bond donors (Lipinski definition) is 2. The summed E-state index contributed by atoms with van der Waals surface area (Å²) in [5, 5.41) is 10.7.